The summed E-state index contributed by atoms with van der Waals surface area (Å²) < 4.78 is 25.2. The highest BCUT2D eigenvalue weighted by atomic mass is 32.2. The Morgan fingerprint density at radius 2 is 2.00 bits per heavy atom. The van der Waals surface area contributed by atoms with E-state index >= 15 is 0 Å². The van der Waals surface area contributed by atoms with Crippen molar-refractivity contribution in [2.24, 2.45) is 0 Å². The number of carbonyl (C=O) groups excluding carboxylic acids is 1. The average molecular weight is 300 g/mol. The topological polar surface area (TPSA) is 100 Å². The maximum absolute atomic E-state index is 11.8. The van der Waals surface area contributed by atoms with E-state index in [0.717, 1.165) is 0 Å². The van der Waals surface area contributed by atoms with Gasteiger partial charge in [-0.25, -0.2) is 18.1 Å². The molecule has 1 amide bonds. The minimum atomic E-state index is -3.32. The van der Waals surface area contributed by atoms with Crippen molar-refractivity contribution < 1.29 is 13.2 Å². The minimum Gasteiger partial charge on any atom is -0.370 e. The lowest BCUT2D eigenvalue weighted by Crippen LogP contribution is -2.34. The molecule has 3 N–H and O–H groups in total. The molecule has 0 spiro atoms. The van der Waals surface area contributed by atoms with Crippen molar-refractivity contribution in [3.8, 4) is 0 Å². The van der Waals surface area contributed by atoms with Crippen molar-refractivity contribution in [1.82, 2.24) is 15.0 Å². The molecule has 8 heteroatoms. The first-order valence-electron chi connectivity index (χ1n) is 6.45. The lowest BCUT2D eigenvalue weighted by atomic mass is 10.3. The summed E-state index contributed by atoms with van der Waals surface area (Å²) in [5.74, 6) is 0.0660. The summed E-state index contributed by atoms with van der Waals surface area (Å²) in [5.41, 5.74) is 0.254. The molecule has 0 unspecified atom stereocenters. The van der Waals surface area contributed by atoms with Crippen LogP contribution in [0.3, 0.4) is 0 Å². The van der Waals surface area contributed by atoms with Crippen molar-refractivity contribution in [2.45, 2.75) is 13.8 Å². The maximum Gasteiger partial charge on any atom is 0.269 e. The molecule has 1 heterocycles. The molecule has 0 radical (unpaired) electrons. The Labute approximate surface area is 119 Å². The summed E-state index contributed by atoms with van der Waals surface area (Å²) in [6, 6.07) is 5.06. The first-order valence-corrected chi connectivity index (χ1v) is 8.10. The van der Waals surface area contributed by atoms with Crippen LogP contribution in [0.1, 0.15) is 24.3 Å². The molecule has 112 valence electrons. The molecule has 1 aromatic heterocycles. The van der Waals surface area contributed by atoms with Gasteiger partial charge in [0.2, 0.25) is 10.0 Å². The number of aromatic nitrogens is 1. The number of amides is 1. The summed E-state index contributed by atoms with van der Waals surface area (Å²) in [7, 11) is -3.32. The van der Waals surface area contributed by atoms with Gasteiger partial charge in [0.1, 0.15) is 11.5 Å². The summed E-state index contributed by atoms with van der Waals surface area (Å²) >= 11 is 0. The van der Waals surface area contributed by atoms with E-state index < -0.39 is 15.9 Å². The van der Waals surface area contributed by atoms with Gasteiger partial charge in [0.25, 0.3) is 5.91 Å². The third-order valence-corrected chi connectivity index (χ3v) is 3.83. The van der Waals surface area contributed by atoms with Crippen LogP contribution in [0, 0.1) is 0 Å². The highest BCUT2D eigenvalue weighted by Gasteiger charge is 2.11. The fourth-order valence-electron chi connectivity index (χ4n) is 1.52. The monoisotopic (exact) mass is 300 g/mol. The van der Waals surface area contributed by atoms with Crippen molar-refractivity contribution in [3.05, 3.63) is 23.9 Å². The molecule has 20 heavy (non-hydrogen) atoms. The molecule has 0 bridgehead atoms. The zero-order valence-corrected chi connectivity index (χ0v) is 12.5. The van der Waals surface area contributed by atoms with E-state index in [4.69, 9.17) is 0 Å². The molecule has 7 nitrogen and oxygen atoms in total. The number of nitrogens with zero attached hydrogens (tertiary/aromatic N) is 1. The molecule has 0 aliphatic rings. The van der Waals surface area contributed by atoms with Gasteiger partial charge in [0.15, 0.2) is 0 Å². The Balaban J connectivity index is 2.53. The van der Waals surface area contributed by atoms with Gasteiger partial charge in [0.05, 0.1) is 5.75 Å². The number of carbonyl (C=O) groups is 1. The van der Waals surface area contributed by atoms with E-state index in [-0.39, 0.29) is 18.0 Å². The lowest BCUT2D eigenvalue weighted by molar-refractivity contribution is 0.0951. The molecule has 0 saturated carbocycles. The van der Waals surface area contributed by atoms with E-state index in [1.165, 1.54) is 0 Å². The average Bonchev–Trinajstić information content (AvgIpc) is 2.39. The second kappa shape index (κ2) is 7.81. The van der Waals surface area contributed by atoms with Crippen LogP contribution in [0.2, 0.25) is 0 Å². The Morgan fingerprint density at radius 3 is 2.65 bits per heavy atom. The van der Waals surface area contributed by atoms with E-state index in [0.29, 0.717) is 18.9 Å². The van der Waals surface area contributed by atoms with Gasteiger partial charge >= 0.3 is 0 Å². The summed E-state index contributed by atoms with van der Waals surface area (Å²) in [5, 5.41) is 5.54. The van der Waals surface area contributed by atoms with Crippen LogP contribution in [-0.2, 0) is 10.0 Å². The molecule has 0 aliphatic heterocycles. The van der Waals surface area contributed by atoms with E-state index in [1.807, 2.05) is 6.92 Å². The first kappa shape index (κ1) is 16.4. The number of sulfonamides is 1. The number of anilines is 1. The van der Waals surface area contributed by atoms with Crippen molar-refractivity contribution >= 4 is 21.7 Å². The fraction of sp³-hybridized carbons (Fsp3) is 0.500. The normalized spacial score (nSPS) is 11.1. The Hall–Kier alpha value is -1.67. The molecule has 0 aliphatic carbocycles. The molecular weight excluding hydrogens is 280 g/mol. The zero-order chi connectivity index (χ0) is 15.0. The van der Waals surface area contributed by atoms with Crippen molar-refractivity contribution in [1.29, 1.82) is 0 Å². The number of nitrogens with one attached hydrogen (secondary N) is 3. The van der Waals surface area contributed by atoms with Crippen LogP contribution in [-0.4, -0.2) is 44.7 Å². The Kier molecular flexibility index (Phi) is 6.40. The predicted octanol–water partition coefficient (Wildman–Crippen LogP) is 0.182. The quantitative estimate of drug-likeness (QED) is 0.636. The van der Waals surface area contributed by atoms with Gasteiger partial charge in [-0.2, -0.15) is 0 Å². The van der Waals surface area contributed by atoms with Crippen LogP contribution < -0.4 is 15.4 Å². The second-order valence-corrected chi connectivity index (χ2v) is 5.94. The largest absolute Gasteiger partial charge is 0.370 e. The first-order chi connectivity index (χ1) is 9.48. The van der Waals surface area contributed by atoms with Crippen LogP contribution in [0.25, 0.3) is 0 Å². The number of hydrogen-bond acceptors (Lipinski definition) is 5. The van der Waals surface area contributed by atoms with Crippen LogP contribution in [0.15, 0.2) is 18.2 Å². The minimum absolute atomic E-state index is 0.0429. The third kappa shape index (κ3) is 5.54. The molecule has 1 aromatic rings. The summed E-state index contributed by atoms with van der Waals surface area (Å²) in [6.45, 7) is 4.72. The van der Waals surface area contributed by atoms with Crippen molar-refractivity contribution in [2.75, 3.05) is 30.7 Å². The van der Waals surface area contributed by atoms with E-state index in [1.54, 1.807) is 25.1 Å². The van der Waals surface area contributed by atoms with Gasteiger partial charge < -0.3 is 10.6 Å². The Bertz CT molecular complexity index is 545. The van der Waals surface area contributed by atoms with E-state index in [9.17, 15) is 13.2 Å². The predicted molar refractivity (Wildman–Crippen MR) is 78.2 cm³/mol. The second-order valence-electron chi connectivity index (χ2n) is 4.01. The SMILES string of the molecule is CCNc1cccc(C(=O)NCCS(=O)(=O)NCC)n1. The standard InChI is InChI=1S/C12H20N4O3S/c1-3-13-11-7-5-6-10(16-11)12(17)14-8-9-20(18,19)15-4-2/h5-7,15H,3-4,8-9H2,1-2H3,(H,13,16)(H,14,17). The van der Waals surface area contributed by atoms with Gasteiger partial charge in [-0.3, -0.25) is 4.79 Å². The van der Waals surface area contributed by atoms with Crippen LogP contribution in [0.5, 0.6) is 0 Å². The molecule has 0 fully saturated rings. The summed E-state index contributed by atoms with van der Waals surface area (Å²) in [4.78, 5) is 16.0. The molecule has 0 saturated heterocycles. The molecule has 0 atom stereocenters. The van der Waals surface area contributed by atoms with Crippen LogP contribution >= 0.6 is 0 Å². The number of rotatable bonds is 8. The summed E-state index contributed by atoms with van der Waals surface area (Å²) in [6.07, 6.45) is 0. The van der Waals surface area contributed by atoms with Crippen molar-refractivity contribution in [3.63, 3.8) is 0 Å². The lowest BCUT2D eigenvalue weighted by Gasteiger charge is -2.07. The zero-order valence-electron chi connectivity index (χ0n) is 11.6. The molecule has 1 rings (SSSR count). The molecule has 0 aromatic carbocycles. The van der Waals surface area contributed by atoms with Crippen LogP contribution in [0.4, 0.5) is 5.82 Å². The number of pyridine rings is 1. The fourth-order valence-corrected chi connectivity index (χ4v) is 2.48. The van der Waals surface area contributed by atoms with Gasteiger partial charge in [-0.1, -0.05) is 13.0 Å². The highest BCUT2D eigenvalue weighted by Crippen LogP contribution is 2.04. The third-order valence-electron chi connectivity index (χ3n) is 2.36. The number of hydrogen-bond donors (Lipinski definition) is 3. The van der Waals surface area contributed by atoms with E-state index in [2.05, 4.69) is 20.3 Å². The molecular formula is C12H20N4O3S. The maximum atomic E-state index is 11.8. The highest BCUT2D eigenvalue weighted by molar-refractivity contribution is 7.89. The van der Waals surface area contributed by atoms with Gasteiger partial charge in [-0.15, -0.1) is 0 Å². The van der Waals surface area contributed by atoms with Gasteiger partial charge in [-0.05, 0) is 19.1 Å². The Morgan fingerprint density at radius 1 is 1.25 bits per heavy atom. The smallest absolute Gasteiger partial charge is 0.269 e. The van der Waals surface area contributed by atoms with Gasteiger partial charge in [0, 0.05) is 19.6 Å².